The summed E-state index contributed by atoms with van der Waals surface area (Å²) >= 11 is 0. The van der Waals surface area contributed by atoms with Gasteiger partial charge in [0.1, 0.15) is 11.5 Å². The molecule has 9 heteroatoms. The zero-order chi connectivity index (χ0) is 21.8. The van der Waals surface area contributed by atoms with Gasteiger partial charge in [-0.3, -0.25) is 14.4 Å². The smallest absolute Gasteiger partial charge is 0.329 e. The van der Waals surface area contributed by atoms with Gasteiger partial charge in [0, 0.05) is 6.54 Å². The number of rotatable bonds is 9. The average Bonchev–Trinajstić information content (AvgIpc) is 2.77. The average molecular weight is 410 g/mol. The number of hydrazone groups is 1. The molecule has 3 N–H and O–H groups in total. The molecule has 156 valence electrons. The van der Waals surface area contributed by atoms with Crippen molar-refractivity contribution in [2.45, 2.75) is 0 Å². The van der Waals surface area contributed by atoms with Crippen molar-refractivity contribution < 1.29 is 23.9 Å². The van der Waals surface area contributed by atoms with Gasteiger partial charge in [-0.1, -0.05) is 18.2 Å². The van der Waals surface area contributed by atoms with Gasteiger partial charge in [-0.05, 0) is 42.0 Å². The Balaban J connectivity index is 1.80. The van der Waals surface area contributed by atoms with E-state index in [4.69, 9.17) is 9.47 Å². The molecule has 0 radical (unpaired) electrons. The lowest BCUT2D eigenvalue weighted by atomic mass is 10.2. The summed E-state index contributed by atoms with van der Waals surface area (Å²) in [6.45, 7) is 3.45. The molecule has 30 heavy (non-hydrogen) atoms. The molecule has 2 rings (SSSR count). The molecule has 0 atom stereocenters. The van der Waals surface area contributed by atoms with Gasteiger partial charge in [0.15, 0.2) is 6.61 Å². The normalized spacial score (nSPS) is 10.2. The van der Waals surface area contributed by atoms with Crippen molar-refractivity contribution >= 4 is 29.6 Å². The lowest BCUT2D eigenvalue weighted by Crippen LogP contribution is -2.37. The predicted molar refractivity (Wildman–Crippen MR) is 113 cm³/mol. The number of amides is 3. The highest BCUT2D eigenvalue weighted by molar-refractivity contribution is 6.35. The number of methoxy groups -OCH3 is 1. The maximum atomic E-state index is 12.1. The fourth-order valence-electron chi connectivity index (χ4n) is 2.19. The van der Waals surface area contributed by atoms with Gasteiger partial charge >= 0.3 is 11.8 Å². The molecule has 0 fully saturated rings. The van der Waals surface area contributed by atoms with Gasteiger partial charge < -0.3 is 20.1 Å². The number of nitrogens with zero attached hydrogens (tertiary/aromatic N) is 1. The minimum atomic E-state index is -0.880. The molecule has 0 bridgehead atoms. The molecule has 0 aliphatic carbocycles. The van der Waals surface area contributed by atoms with Crippen LogP contribution in [0.25, 0.3) is 0 Å². The molecule has 2 aromatic carbocycles. The summed E-state index contributed by atoms with van der Waals surface area (Å²) in [5.41, 5.74) is 3.33. The molecule has 0 aliphatic rings. The number of nitrogens with one attached hydrogen (secondary N) is 3. The Labute approximate surface area is 173 Å². The van der Waals surface area contributed by atoms with Crippen molar-refractivity contribution in [3.8, 4) is 11.5 Å². The molecule has 0 aliphatic heterocycles. The second-order valence-electron chi connectivity index (χ2n) is 5.80. The van der Waals surface area contributed by atoms with Crippen molar-refractivity contribution in [3.05, 3.63) is 66.7 Å². The maximum absolute atomic E-state index is 12.1. The van der Waals surface area contributed by atoms with Gasteiger partial charge in [-0.25, -0.2) is 5.43 Å². The number of benzene rings is 2. The Hall–Kier alpha value is -4.14. The highest BCUT2D eigenvalue weighted by Crippen LogP contribution is 2.22. The first-order chi connectivity index (χ1) is 14.5. The highest BCUT2D eigenvalue weighted by atomic mass is 16.5. The second-order valence-corrected chi connectivity index (χ2v) is 5.80. The van der Waals surface area contributed by atoms with Crippen LogP contribution < -0.4 is 25.5 Å². The van der Waals surface area contributed by atoms with Crippen molar-refractivity contribution in [3.63, 3.8) is 0 Å². The molecule has 9 nitrogen and oxygen atoms in total. The summed E-state index contributed by atoms with van der Waals surface area (Å²) in [4.78, 5) is 34.9. The van der Waals surface area contributed by atoms with Crippen molar-refractivity contribution in [1.29, 1.82) is 0 Å². The zero-order valence-corrected chi connectivity index (χ0v) is 16.4. The third kappa shape index (κ3) is 7.12. The summed E-state index contributed by atoms with van der Waals surface area (Å²) in [6.07, 6.45) is 2.83. The number of anilines is 1. The largest absolute Gasteiger partial charge is 0.495 e. The second kappa shape index (κ2) is 11.6. The van der Waals surface area contributed by atoms with Gasteiger partial charge in [-0.2, -0.15) is 5.10 Å². The van der Waals surface area contributed by atoms with Crippen molar-refractivity contribution in [2.24, 2.45) is 5.10 Å². The fraction of sp³-hybridized carbons (Fsp3) is 0.143. The number of ether oxygens (including phenoxy) is 2. The Morgan fingerprint density at radius 3 is 2.50 bits per heavy atom. The molecule has 0 saturated carbocycles. The minimum absolute atomic E-state index is 0.179. The predicted octanol–water partition coefficient (Wildman–Crippen LogP) is 1.46. The summed E-state index contributed by atoms with van der Waals surface area (Å²) in [5.74, 6) is -0.978. The van der Waals surface area contributed by atoms with E-state index in [0.717, 1.165) is 0 Å². The minimum Gasteiger partial charge on any atom is -0.495 e. The quantitative estimate of drug-likeness (QED) is 0.250. The Kier molecular flexibility index (Phi) is 8.60. The summed E-state index contributed by atoms with van der Waals surface area (Å²) in [5, 5.41) is 8.76. The monoisotopic (exact) mass is 410 g/mol. The first kappa shape index (κ1) is 22.2. The number of carbonyl (C=O) groups excluding carboxylic acids is 3. The van der Waals surface area contributed by atoms with Crippen LogP contribution in [0.2, 0.25) is 0 Å². The van der Waals surface area contributed by atoms with Crippen LogP contribution in [-0.4, -0.2) is 44.2 Å². The van der Waals surface area contributed by atoms with E-state index in [1.54, 1.807) is 48.5 Å². The molecular weight excluding hydrogens is 388 g/mol. The third-order valence-corrected chi connectivity index (χ3v) is 3.62. The van der Waals surface area contributed by atoms with E-state index in [2.05, 4.69) is 27.7 Å². The fourth-order valence-corrected chi connectivity index (χ4v) is 2.19. The zero-order valence-electron chi connectivity index (χ0n) is 16.4. The van der Waals surface area contributed by atoms with E-state index in [0.29, 0.717) is 22.7 Å². The van der Waals surface area contributed by atoms with Crippen LogP contribution in [0.1, 0.15) is 5.56 Å². The van der Waals surface area contributed by atoms with Gasteiger partial charge in [0.25, 0.3) is 5.91 Å². The van der Waals surface area contributed by atoms with Crippen molar-refractivity contribution in [1.82, 2.24) is 10.7 Å². The Bertz CT molecular complexity index is 925. The lowest BCUT2D eigenvalue weighted by molar-refractivity contribution is -0.139. The van der Waals surface area contributed by atoms with Crippen molar-refractivity contribution in [2.75, 3.05) is 25.6 Å². The summed E-state index contributed by atoms with van der Waals surface area (Å²) < 4.78 is 10.6. The number of hydrogen-bond acceptors (Lipinski definition) is 6. The topological polar surface area (TPSA) is 118 Å². The standard InChI is InChI=1S/C21H22N4O5/c1-3-12-22-20(27)21(28)25-23-13-15-8-10-16(11-9-15)30-14-19(26)24-17-6-4-5-7-18(17)29-2/h3-11,13H,1,12,14H2,2H3,(H,22,27)(H,24,26)(H,25,28)/b23-13-. The first-order valence-electron chi connectivity index (χ1n) is 8.91. The molecular formula is C21H22N4O5. The van der Waals surface area contributed by atoms with E-state index in [1.165, 1.54) is 19.4 Å². The molecule has 0 unspecified atom stereocenters. The number of para-hydroxylation sites is 2. The SMILES string of the molecule is C=CCNC(=O)C(=O)N/N=C\c1ccc(OCC(=O)Nc2ccccc2OC)cc1. The van der Waals surface area contributed by atoms with Crippen LogP contribution in [0.5, 0.6) is 11.5 Å². The maximum Gasteiger partial charge on any atom is 0.329 e. The third-order valence-electron chi connectivity index (χ3n) is 3.62. The molecule has 2 aromatic rings. The molecule has 0 heterocycles. The van der Waals surface area contributed by atoms with Gasteiger partial charge in [-0.15, -0.1) is 6.58 Å². The molecule has 3 amide bonds. The summed E-state index contributed by atoms with van der Waals surface area (Å²) in [7, 11) is 1.52. The van der Waals surface area contributed by atoms with E-state index in [-0.39, 0.29) is 19.1 Å². The van der Waals surface area contributed by atoms with Crippen LogP contribution in [0, 0.1) is 0 Å². The van der Waals surface area contributed by atoms with Crippen LogP contribution >= 0.6 is 0 Å². The Morgan fingerprint density at radius 1 is 1.07 bits per heavy atom. The van der Waals surface area contributed by atoms with E-state index >= 15 is 0 Å². The molecule has 0 aromatic heterocycles. The van der Waals surface area contributed by atoms with Gasteiger partial charge in [0.2, 0.25) is 0 Å². The highest BCUT2D eigenvalue weighted by Gasteiger charge is 2.10. The molecule has 0 saturated heterocycles. The lowest BCUT2D eigenvalue weighted by Gasteiger charge is -2.10. The van der Waals surface area contributed by atoms with Gasteiger partial charge in [0.05, 0.1) is 19.0 Å². The van der Waals surface area contributed by atoms with E-state index in [1.807, 2.05) is 0 Å². The van der Waals surface area contributed by atoms with E-state index < -0.39 is 11.8 Å². The van der Waals surface area contributed by atoms with Crippen LogP contribution in [0.4, 0.5) is 5.69 Å². The molecule has 0 spiro atoms. The summed E-state index contributed by atoms with van der Waals surface area (Å²) in [6, 6.07) is 13.7. The van der Waals surface area contributed by atoms with E-state index in [9.17, 15) is 14.4 Å². The number of hydrogen-bond donors (Lipinski definition) is 3. The Morgan fingerprint density at radius 2 is 1.80 bits per heavy atom. The van der Waals surface area contributed by atoms with Crippen LogP contribution in [-0.2, 0) is 14.4 Å². The van der Waals surface area contributed by atoms with Crippen LogP contribution in [0.15, 0.2) is 66.3 Å². The first-order valence-corrected chi connectivity index (χ1v) is 8.91. The van der Waals surface area contributed by atoms with Crippen LogP contribution in [0.3, 0.4) is 0 Å². The number of carbonyl (C=O) groups is 3.